The molecule has 0 amide bonds. The van der Waals surface area contributed by atoms with E-state index in [0.717, 1.165) is 29.6 Å². The van der Waals surface area contributed by atoms with E-state index in [4.69, 9.17) is 0 Å². The smallest absolute Gasteiger partial charge is 0.117 e. The van der Waals surface area contributed by atoms with E-state index < -0.39 is 22.7 Å². The molecular formula is C40H58O4. The third-order valence-electron chi connectivity index (χ3n) is 9.07. The molecule has 0 spiro atoms. The monoisotopic (exact) mass is 602 g/mol. The van der Waals surface area contributed by atoms with Crippen LogP contribution < -0.4 is 0 Å². The standard InChI is InChI=1S/C40H58O4/c1-29(17-13-19-31(3)21-22-36-33(5)25-34(41)26-37(36,6)7)15-11-12-16-30(2)18-14-20-32(4)23-24-40(44)38(8,9)27-35(42)28-39(40,10)43/h11-24,34-35,41-44H,25-28H2,1-10H3/b12-11+,17-13?,18-14+,22-21?,24-23+,29-15?,30-16+,31-19?,32-20+. The van der Waals surface area contributed by atoms with Crippen LogP contribution in [0.4, 0.5) is 0 Å². The van der Waals surface area contributed by atoms with Crippen molar-refractivity contribution in [1.29, 1.82) is 0 Å². The van der Waals surface area contributed by atoms with E-state index >= 15 is 0 Å². The summed E-state index contributed by atoms with van der Waals surface area (Å²) >= 11 is 0. The van der Waals surface area contributed by atoms with Crippen molar-refractivity contribution >= 4 is 0 Å². The average molecular weight is 603 g/mol. The second-order valence-corrected chi connectivity index (χ2v) is 14.5. The molecule has 0 radical (unpaired) electrons. The lowest BCUT2D eigenvalue weighted by Gasteiger charge is -2.54. The van der Waals surface area contributed by atoms with Crippen molar-refractivity contribution in [1.82, 2.24) is 0 Å². The van der Waals surface area contributed by atoms with E-state index in [9.17, 15) is 20.4 Å². The molecule has 0 aromatic carbocycles. The van der Waals surface area contributed by atoms with Crippen molar-refractivity contribution in [3.63, 3.8) is 0 Å². The van der Waals surface area contributed by atoms with Crippen LogP contribution in [0.2, 0.25) is 0 Å². The van der Waals surface area contributed by atoms with Crippen molar-refractivity contribution in [2.75, 3.05) is 0 Å². The van der Waals surface area contributed by atoms with Crippen LogP contribution in [0, 0.1) is 10.8 Å². The van der Waals surface area contributed by atoms with Crippen LogP contribution in [0.15, 0.2) is 119 Å². The summed E-state index contributed by atoms with van der Waals surface area (Å²) in [7, 11) is 0. The SMILES string of the molecule is CC(C=CC1=C(C)CC(O)CC1(C)C)=CC=CC(C)=C/C=C/C=C(C)/C=C/C=C(C)/C=C/C1(O)C(C)(C)CC(O)CC1(C)O. The normalized spacial score (nSPS) is 31.1. The van der Waals surface area contributed by atoms with Gasteiger partial charge in [-0.1, -0.05) is 135 Å². The van der Waals surface area contributed by atoms with Gasteiger partial charge in [0.05, 0.1) is 17.8 Å². The maximum absolute atomic E-state index is 11.4. The summed E-state index contributed by atoms with van der Waals surface area (Å²) in [5.41, 5.74) is 3.44. The van der Waals surface area contributed by atoms with Crippen LogP contribution in [-0.4, -0.2) is 43.8 Å². The fourth-order valence-electron chi connectivity index (χ4n) is 6.55. The molecule has 0 aromatic heterocycles. The van der Waals surface area contributed by atoms with Crippen LogP contribution in [0.3, 0.4) is 0 Å². The molecule has 4 heteroatoms. The van der Waals surface area contributed by atoms with Crippen molar-refractivity contribution in [2.24, 2.45) is 10.8 Å². The fourth-order valence-corrected chi connectivity index (χ4v) is 6.55. The summed E-state index contributed by atoms with van der Waals surface area (Å²) in [5.74, 6) is 0. The summed E-state index contributed by atoms with van der Waals surface area (Å²) in [4.78, 5) is 0. The molecule has 44 heavy (non-hydrogen) atoms. The molecule has 4 N–H and O–H groups in total. The van der Waals surface area contributed by atoms with E-state index in [1.54, 1.807) is 13.0 Å². The van der Waals surface area contributed by atoms with Gasteiger partial charge >= 0.3 is 0 Å². The van der Waals surface area contributed by atoms with Crippen LogP contribution in [-0.2, 0) is 0 Å². The molecule has 1 saturated carbocycles. The minimum absolute atomic E-state index is 0.0115. The van der Waals surface area contributed by atoms with E-state index in [0.29, 0.717) is 6.42 Å². The van der Waals surface area contributed by atoms with Crippen LogP contribution in [0.1, 0.15) is 94.9 Å². The Hall–Kier alpha value is -2.76. The quantitative estimate of drug-likeness (QED) is 0.189. The summed E-state index contributed by atoms with van der Waals surface area (Å²) < 4.78 is 0. The molecular weight excluding hydrogens is 544 g/mol. The lowest BCUT2D eigenvalue weighted by molar-refractivity contribution is -0.216. The van der Waals surface area contributed by atoms with Gasteiger partial charge in [0.25, 0.3) is 0 Å². The van der Waals surface area contributed by atoms with Gasteiger partial charge in [0.1, 0.15) is 5.60 Å². The van der Waals surface area contributed by atoms with Gasteiger partial charge in [0, 0.05) is 11.8 Å². The van der Waals surface area contributed by atoms with E-state index in [-0.39, 0.29) is 17.9 Å². The summed E-state index contributed by atoms with van der Waals surface area (Å²) in [6, 6.07) is 0. The molecule has 0 aromatic rings. The Morgan fingerprint density at radius 2 is 1.11 bits per heavy atom. The minimum atomic E-state index is -1.44. The van der Waals surface area contributed by atoms with Gasteiger partial charge in [-0.2, -0.15) is 0 Å². The Balaban J connectivity index is 1.94. The Morgan fingerprint density at radius 1 is 0.636 bits per heavy atom. The summed E-state index contributed by atoms with van der Waals surface area (Å²) in [6.45, 7) is 20.1. The number of aliphatic hydroxyl groups is 4. The number of hydrogen-bond acceptors (Lipinski definition) is 4. The van der Waals surface area contributed by atoms with Crippen molar-refractivity contribution in [2.45, 2.75) is 118 Å². The highest BCUT2D eigenvalue weighted by molar-refractivity contribution is 5.38. The first-order valence-corrected chi connectivity index (χ1v) is 15.9. The van der Waals surface area contributed by atoms with Crippen molar-refractivity contribution < 1.29 is 20.4 Å². The average Bonchev–Trinajstić information content (AvgIpc) is 2.87. The molecule has 2 aliphatic carbocycles. The Labute approximate surface area is 267 Å². The zero-order valence-corrected chi connectivity index (χ0v) is 28.9. The number of aliphatic hydroxyl groups excluding tert-OH is 2. The van der Waals surface area contributed by atoms with Gasteiger partial charge < -0.3 is 20.4 Å². The topological polar surface area (TPSA) is 80.9 Å². The molecule has 0 saturated heterocycles. The largest absolute Gasteiger partial charge is 0.393 e. The van der Waals surface area contributed by atoms with Gasteiger partial charge in [-0.15, -0.1) is 0 Å². The molecule has 4 nitrogen and oxygen atoms in total. The molecule has 242 valence electrons. The molecule has 0 heterocycles. The lowest BCUT2D eigenvalue weighted by atomic mass is 9.57. The highest BCUT2D eigenvalue weighted by Crippen LogP contribution is 2.50. The van der Waals surface area contributed by atoms with Crippen molar-refractivity contribution in [3.05, 3.63) is 119 Å². The van der Waals surface area contributed by atoms with Gasteiger partial charge in [-0.3, -0.25) is 0 Å². The van der Waals surface area contributed by atoms with Gasteiger partial charge in [0.2, 0.25) is 0 Å². The maximum atomic E-state index is 11.4. The summed E-state index contributed by atoms with van der Waals surface area (Å²) in [6.07, 6.45) is 29.6. The number of hydrogen-bond donors (Lipinski definition) is 4. The first-order chi connectivity index (χ1) is 20.3. The molecule has 0 aliphatic heterocycles. The number of rotatable bonds is 10. The Kier molecular flexibility index (Phi) is 13.2. The van der Waals surface area contributed by atoms with Crippen LogP contribution >= 0.6 is 0 Å². The predicted octanol–water partition coefficient (Wildman–Crippen LogP) is 8.71. The molecule has 0 bridgehead atoms. The first kappa shape index (κ1) is 37.4. The van der Waals surface area contributed by atoms with E-state index in [1.807, 2.05) is 64.2 Å². The maximum Gasteiger partial charge on any atom is 0.117 e. The molecule has 1 fully saturated rings. The second kappa shape index (κ2) is 15.5. The molecule has 4 atom stereocenters. The van der Waals surface area contributed by atoms with Crippen LogP contribution in [0.5, 0.6) is 0 Å². The molecule has 2 aliphatic rings. The second-order valence-electron chi connectivity index (χ2n) is 14.5. The zero-order valence-electron chi connectivity index (χ0n) is 28.9. The van der Waals surface area contributed by atoms with Crippen molar-refractivity contribution in [3.8, 4) is 0 Å². The predicted molar refractivity (Wildman–Crippen MR) is 187 cm³/mol. The van der Waals surface area contributed by atoms with Crippen LogP contribution in [0.25, 0.3) is 0 Å². The fraction of sp³-hybridized carbons (Fsp3) is 0.500. The van der Waals surface area contributed by atoms with Gasteiger partial charge in [0.15, 0.2) is 0 Å². The third kappa shape index (κ3) is 10.4. The number of allylic oxidation sites excluding steroid dienone is 18. The summed E-state index contributed by atoms with van der Waals surface area (Å²) in [5, 5.41) is 42.6. The lowest BCUT2D eigenvalue weighted by Crippen LogP contribution is -2.65. The molecule has 4 unspecified atom stereocenters. The highest BCUT2D eigenvalue weighted by Gasteiger charge is 2.58. The Bertz CT molecular complexity index is 1300. The third-order valence-corrected chi connectivity index (χ3v) is 9.07. The first-order valence-electron chi connectivity index (χ1n) is 15.9. The molecule has 2 rings (SSSR count). The van der Waals surface area contributed by atoms with Gasteiger partial charge in [-0.25, -0.2) is 0 Å². The van der Waals surface area contributed by atoms with E-state index in [2.05, 4.69) is 77.2 Å². The van der Waals surface area contributed by atoms with Gasteiger partial charge in [-0.05, 0) is 77.9 Å². The van der Waals surface area contributed by atoms with E-state index in [1.165, 1.54) is 16.7 Å². The minimum Gasteiger partial charge on any atom is -0.393 e. The zero-order chi connectivity index (χ0) is 33.3. The highest BCUT2D eigenvalue weighted by atomic mass is 16.4. The Morgan fingerprint density at radius 3 is 1.61 bits per heavy atom.